The summed E-state index contributed by atoms with van der Waals surface area (Å²) in [6.07, 6.45) is 1.71. The van der Waals surface area contributed by atoms with E-state index in [9.17, 15) is 0 Å². The molecule has 3 heteroatoms. The number of benzene rings is 1. The number of hydrogen-bond acceptors (Lipinski definition) is 3. The number of nitrogens with one attached hydrogen (secondary N) is 1. The van der Waals surface area contributed by atoms with Gasteiger partial charge in [-0.25, -0.2) is 0 Å². The van der Waals surface area contributed by atoms with Gasteiger partial charge in [0, 0.05) is 6.54 Å². The highest BCUT2D eigenvalue weighted by Crippen LogP contribution is 2.27. The van der Waals surface area contributed by atoms with Gasteiger partial charge in [-0.05, 0) is 24.7 Å². The fourth-order valence-electron chi connectivity index (χ4n) is 1.29. The maximum absolute atomic E-state index is 5.45. The smallest absolute Gasteiger partial charge is 0.161 e. The molecular weight excluding hydrogens is 190 g/mol. The van der Waals surface area contributed by atoms with Gasteiger partial charge in [0.1, 0.15) is 6.61 Å². The van der Waals surface area contributed by atoms with Gasteiger partial charge in [0.15, 0.2) is 11.5 Å². The van der Waals surface area contributed by atoms with Crippen LogP contribution in [0.4, 0.5) is 0 Å². The zero-order valence-electron chi connectivity index (χ0n) is 9.25. The van der Waals surface area contributed by atoms with Gasteiger partial charge in [-0.15, -0.1) is 0 Å². The molecule has 0 aliphatic rings. The summed E-state index contributed by atoms with van der Waals surface area (Å²) in [6.45, 7) is 4.91. The maximum Gasteiger partial charge on any atom is 0.161 e. The van der Waals surface area contributed by atoms with E-state index in [4.69, 9.17) is 9.47 Å². The van der Waals surface area contributed by atoms with Crippen molar-refractivity contribution in [1.29, 1.82) is 0 Å². The molecule has 0 spiro atoms. The molecule has 15 heavy (non-hydrogen) atoms. The van der Waals surface area contributed by atoms with Gasteiger partial charge in [-0.3, -0.25) is 0 Å². The Balaban J connectivity index is 2.82. The van der Waals surface area contributed by atoms with Crippen molar-refractivity contribution in [2.24, 2.45) is 0 Å². The van der Waals surface area contributed by atoms with E-state index in [1.165, 1.54) is 5.56 Å². The number of hydrogen-bond donors (Lipinski definition) is 1. The van der Waals surface area contributed by atoms with Crippen molar-refractivity contribution in [2.45, 2.75) is 6.54 Å². The molecule has 1 rings (SSSR count). The van der Waals surface area contributed by atoms with Crippen molar-refractivity contribution >= 4 is 0 Å². The van der Waals surface area contributed by atoms with Gasteiger partial charge in [0.2, 0.25) is 0 Å². The van der Waals surface area contributed by atoms with Crippen LogP contribution in [-0.4, -0.2) is 20.8 Å². The van der Waals surface area contributed by atoms with E-state index in [-0.39, 0.29) is 0 Å². The Morgan fingerprint density at radius 1 is 1.40 bits per heavy atom. The molecule has 3 nitrogen and oxygen atoms in total. The summed E-state index contributed by atoms with van der Waals surface area (Å²) in [6, 6.07) is 5.89. The summed E-state index contributed by atoms with van der Waals surface area (Å²) in [5.74, 6) is 1.50. The van der Waals surface area contributed by atoms with Crippen molar-refractivity contribution in [3.05, 3.63) is 36.4 Å². The molecule has 1 aromatic rings. The number of methoxy groups -OCH3 is 1. The van der Waals surface area contributed by atoms with E-state index in [2.05, 4.69) is 11.9 Å². The first-order valence-electron chi connectivity index (χ1n) is 4.87. The Hall–Kier alpha value is -1.48. The van der Waals surface area contributed by atoms with Crippen LogP contribution in [0.2, 0.25) is 0 Å². The first-order chi connectivity index (χ1) is 7.31. The molecule has 0 amide bonds. The summed E-state index contributed by atoms with van der Waals surface area (Å²) in [4.78, 5) is 0. The van der Waals surface area contributed by atoms with Gasteiger partial charge < -0.3 is 14.8 Å². The Morgan fingerprint density at radius 2 is 2.20 bits per heavy atom. The normalized spacial score (nSPS) is 9.73. The summed E-state index contributed by atoms with van der Waals surface area (Å²) >= 11 is 0. The average molecular weight is 207 g/mol. The van der Waals surface area contributed by atoms with E-state index < -0.39 is 0 Å². The minimum Gasteiger partial charge on any atom is -0.493 e. The molecule has 0 bridgehead atoms. The zero-order valence-corrected chi connectivity index (χ0v) is 9.25. The van der Waals surface area contributed by atoms with Crippen molar-refractivity contribution in [3.8, 4) is 11.5 Å². The summed E-state index contributed by atoms with van der Waals surface area (Å²) < 4.78 is 10.7. The van der Waals surface area contributed by atoms with E-state index in [1.807, 2.05) is 25.2 Å². The quantitative estimate of drug-likeness (QED) is 0.723. The summed E-state index contributed by atoms with van der Waals surface area (Å²) in [5, 5.41) is 3.09. The third kappa shape index (κ3) is 3.29. The molecule has 0 aliphatic heterocycles. The van der Waals surface area contributed by atoms with E-state index in [0.29, 0.717) is 6.61 Å². The maximum atomic E-state index is 5.45. The predicted octanol–water partition coefficient (Wildman–Crippen LogP) is 1.98. The molecule has 0 aromatic heterocycles. The Morgan fingerprint density at radius 3 is 2.80 bits per heavy atom. The topological polar surface area (TPSA) is 30.5 Å². The lowest BCUT2D eigenvalue weighted by atomic mass is 10.2. The standard InChI is InChI=1S/C12H17NO2/c1-4-7-15-11-6-5-10(9-13-2)8-12(11)14-3/h4-6,8,13H,1,7,9H2,2-3H3. The fraction of sp³-hybridized carbons (Fsp3) is 0.333. The molecule has 0 fully saturated rings. The first-order valence-corrected chi connectivity index (χ1v) is 4.87. The summed E-state index contributed by atoms with van der Waals surface area (Å²) in [7, 11) is 3.55. The third-order valence-corrected chi connectivity index (χ3v) is 1.97. The van der Waals surface area contributed by atoms with E-state index in [1.54, 1.807) is 13.2 Å². The van der Waals surface area contributed by atoms with Crippen LogP contribution in [0, 0.1) is 0 Å². The van der Waals surface area contributed by atoms with Crippen LogP contribution in [0.3, 0.4) is 0 Å². The molecule has 1 N–H and O–H groups in total. The molecule has 0 atom stereocenters. The third-order valence-electron chi connectivity index (χ3n) is 1.97. The number of rotatable bonds is 6. The van der Waals surface area contributed by atoms with Crippen molar-refractivity contribution in [3.63, 3.8) is 0 Å². The van der Waals surface area contributed by atoms with Crippen molar-refractivity contribution < 1.29 is 9.47 Å². The fourth-order valence-corrected chi connectivity index (χ4v) is 1.29. The molecule has 82 valence electrons. The molecular formula is C12H17NO2. The van der Waals surface area contributed by atoms with Crippen LogP contribution in [0.25, 0.3) is 0 Å². The SMILES string of the molecule is C=CCOc1ccc(CNC)cc1OC. The first kappa shape index (κ1) is 11.6. The van der Waals surface area contributed by atoms with Crippen LogP contribution < -0.4 is 14.8 Å². The van der Waals surface area contributed by atoms with Crippen LogP contribution in [-0.2, 0) is 6.54 Å². The molecule has 0 unspecified atom stereocenters. The van der Waals surface area contributed by atoms with Gasteiger partial charge in [0.25, 0.3) is 0 Å². The molecule has 0 saturated carbocycles. The Bertz CT molecular complexity index is 323. The van der Waals surface area contributed by atoms with Crippen molar-refractivity contribution in [1.82, 2.24) is 5.32 Å². The van der Waals surface area contributed by atoms with Crippen molar-refractivity contribution in [2.75, 3.05) is 20.8 Å². The van der Waals surface area contributed by atoms with Gasteiger partial charge in [0.05, 0.1) is 7.11 Å². The molecule has 0 aliphatic carbocycles. The Labute approximate surface area is 90.7 Å². The minimum atomic E-state index is 0.488. The lowest BCUT2D eigenvalue weighted by molar-refractivity contribution is 0.326. The van der Waals surface area contributed by atoms with Gasteiger partial charge in [-0.2, -0.15) is 0 Å². The minimum absolute atomic E-state index is 0.488. The monoisotopic (exact) mass is 207 g/mol. The lowest BCUT2D eigenvalue weighted by Crippen LogP contribution is -2.05. The molecule has 0 saturated heterocycles. The number of ether oxygens (including phenoxy) is 2. The van der Waals surface area contributed by atoms with E-state index in [0.717, 1.165) is 18.0 Å². The highest BCUT2D eigenvalue weighted by atomic mass is 16.5. The second-order valence-electron chi connectivity index (χ2n) is 3.12. The molecule has 0 radical (unpaired) electrons. The van der Waals surface area contributed by atoms with Gasteiger partial charge in [-0.1, -0.05) is 18.7 Å². The lowest BCUT2D eigenvalue weighted by Gasteiger charge is -2.10. The van der Waals surface area contributed by atoms with Gasteiger partial charge >= 0.3 is 0 Å². The second-order valence-corrected chi connectivity index (χ2v) is 3.12. The zero-order chi connectivity index (χ0) is 11.1. The highest BCUT2D eigenvalue weighted by Gasteiger charge is 2.04. The predicted molar refractivity (Wildman–Crippen MR) is 61.4 cm³/mol. The average Bonchev–Trinajstić information content (AvgIpc) is 2.27. The van der Waals surface area contributed by atoms with Crippen LogP contribution in [0.1, 0.15) is 5.56 Å². The molecule has 1 aromatic carbocycles. The summed E-state index contributed by atoms with van der Waals surface area (Å²) in [5.41, 5.74) is 1.17. The van der Waals surface area contributed by atoms with E-state index >= 15 is 0 Å². The largest absolute Gasteiger partial charge is 0.493 e. The molecule has 0 heterocycles. The highest BCUT2D eigenvalue weighted by molar-refractivity contribution is 5.43. The van der Waals surface area contributed by atoms with Crippen LogP contribution in [0.5, 0.6) is 11.5 Å². The van der Waals surface area contributed by atoms with Crippen LogP contribution in [0.15, 0.2) is 30.9 Å². The van der Waals surface area contributed by atoms with Crippen LogP contribution >= 0.6 is 0 Å². The second kappa shape index (κ2) is 6.09. The Kier molecular flexibility index (Phi) is 4.71.